The van der Waals surface area contributed by atoms with Crippen LogP contribution in [0.4, 0.5) is 0 Å². The molecule has 1 heterocycles. The van der Waals surface area contributed by atoms with Gasteiger partial charge in [-0.25, -0.2) is 0 Å². The van der Waals surface area contributed by atoms with Crippen LogP contribution in [0.25, 0.3) is 0 Å². The molecule has 1 aromatic rings. The molecule has 12 nitrogen and oxygen atoms in total. The van der Waals surface area contributed by atoms with Crippen molar-refractivity contribution in [3.05, 3.63) is 24.3 Å². The van der Waals surface area contributed by atoms with Gasteiger partial charge in [-0.3, -0.25) is 19.2 Å². The molecular weight excluding hydrogens is 480 g/mol. The first-order valence-electron chi connectivity index (χ1n) is 11.3. The van der Waals surface area contributed by atoms with Crippen molar-refractivity contribution in [2.45, 2.75) is 64.8 Å². The number of hydrogen-bond acceptors (Lipinski definition) is 12. The Balaban J connectivity index is 2.11. The second-order valence-corrected chi connectivity index (χ2v) is 7.82. The number of hydrogen-bond donors (Lipinski definition) is 0. The van der Waals surface area contributed by atoms with Gasteiger partial charge in [0.1, 0.15) is 24.2 Å². The summed E-state index contributed by atoms with van der Waals surface area (Å²) in [6.45, 7) is 4.76. The Morgan fingerprint density at radius 3 is 1.86 bits per heavy atom. The molecule has 0 radical (unpaired) electrons. The van der Waals surface area contributed by atoms with E-state index < -0.39 is 54.6 Å². The number of rotatable bonds is 12. The fourth-order valence-corrected chi connectivity index (χ4v) is 3.44. The maximum Gasteiger partial charge on any atom is 0.303 e. The van der Waals surface area contributed by atoms with Crippen molar-refractivity contribution in [1.29, 1.82) is 0 Å². The molecular formula is C24H32O12. The van der Waals surface area contributed by atoms with Crippen molar-refractivity contribution in [1.82, 2.24) is 0 Å². The maximum atomic E-state index is 11.8. The second-order valence-electron chi connectivity index (χ2n) is 7.82. The standard InChI is InChI=1S/C24H32O12/c1-14(25)32-13-20-21(33-15(2)26)22(34-16(3)27)23(35-17(4)28)24(36-20)31-12-6-11-30-19-9-7-18(29-5)8-10-19/h7-10,20-24H,6,11-13H2,1-5H3/t20-,21-,22+,23-,24-/m1/s1. The van der Waals surface area contributed by atoms with Crippen molar-refractivity contribution in [2.24, 2.45) is 0 Å². The lowest BCUT2D eigenvalue weighted by molar-refractivity contribution is -0.308. The highest BCUT2D eigenvalue weighted by atomic mass is 16.7. The highest BCUT2D eigenvalue weighted by molar-refractivity contribution is 5.68. The summed E-state index contributed by atoms with van der Waals surface area (Å²) in [4.78, 5) is 46.8. The molecule has 0 aromatic heterocycles. The summed E-state index contributed by atoms with van der Waals surface area (Å²) in [5.74, 6) is -1.37. The van der Waals surface area contributed by atoms with E-state index in [2.05, 4.69) is 0 Å². The highest BCUT2D eigenvalue weighted by Crippen LogP contribution is 2.30. The fraction of sp³-hybridized carbons (Fsp3) is 0.583. The number of esters is 4. The predicted molar refractivity (Wildman–Crippen MR) is 121 cm³/mol. The second kappa shape index (κ2) is 14.2. The summed E-state index contributed by atoms with van der Waals surface area (Å²) in [6, 6.07) is 7.06. The van der Waals surface area contributed by atoms with E-state index >= 15 is 0 Å². The first-order chi connectivity index (χ1) is 17.1. The molecule has 1 aliphatic heterocycles. The zero-order valence-electron chi connectivity index (χ0n) is 20.9. The Morgan fingerprint density at radius 1 is 0.750 bits per heavy atom. The molecule has 0 aliphatic carbocycles. The molecule has 0 N–H and O–H groups in total. The van der Waals surface area contributed by atoms with E-state index in [0.29, 0.717) is 24.5 Å². The Labute approximate surface area is 209 Å². The molecule has 1 fully saturated rings. The van der Waals surface area contributed by atoms with Gasteiger partial charge in [-0.2, -0.15) is 0 Å². The van der Waals surface area contributed by atoms with Gasteiger partial charge in [0.15, 0.2) is 24.6 Å². The van der Waals surface area contributed by atoms with Crippen LogP contribution >= 0.6 is 0 Å². The van der Waals surface area contributed by atoms with Gasteiger partial charge in [0.25, 0.3) is 0 Å². The molecule has 0 bridgehead atoms. The van der Waals surface area contributed by atoms with Crippen LogP contribution in [0.5, 0.6) is 11.5 Å². The Bertz CT molecular complexity index is 884. The number of carbonyl (C=O) groups is 4. The minimum absolute atomic E-state index is 0.115. The van der Waals surface area contributed by atoms with E-state index in [4.69, 9.17) is 37.9 Å². The minimum Gasteiger partial charge on any atom is -0.497 e. The van der Waals surface area contributed by atoms with Crippen LogP contribution in [0.2, 0.25) is 0 Å². The summed E-state index contributed by atoms with van der Waals surface area (Å²) < 4.78 is 43.5. The summed E-state index contributed by atoms with van der Waals surface area (Å²) in [5, 5.41) is 0. The number of benzene rings is 1. The van der Waals surface area contributed by atoms with E-state index in [1.807, 2.05) is 0 Å². The summed E-state index contributed by atoms with van der Waals surface area (Å²) >= 11 is 0. The third-order valence-electron chi connectivity index (χ3n) is 4.85. The number of ether oxygens (including phenoxy) is 8. The molecule has 36 heavy (non-hydrogen) atoms. The van der Waals surface area contributed by atoms with Gasteiger partial charge in [-0.05, 0) is 24.3 Å². The van der Waals surface area contributed by atoms with E-state index in [1.165, 1.54) is 6.92 Å². The maximum absolute atomic E-state index is 11.8. The summed E-state index contributed by atoms with van der Waals surface area (Å²) in [7, 11) is 1.57. The van der Waals surface area contributed by atoms with Gasteiger partial charge < -0.3 is 37.9 Å². The van der Waals surface area contributed by atoms with Crippen LogP contribution in [0.1, 0.15) is 34.1 Å². The molecule has 1 saturated heterocycles. The quantitative estimate of drug-likeness (QED) is 0.228. The molecule has 0 amide bonds. The molecule has 1 aromatic carbocycles. The Morgan fingerprint density at radius 2 is 1.31 bits per heavy atom. The van der Waals surface area contributed by atoms with Crippen LogP contribution in [0, 0.1) is 0 Å². The fourth-order valence-electron chi connectivity index (χ4n) is 3.44. The lowest BCUT2D eigenvalue weighted by Crippen LogP contribution is -2.63. The largest absolute Gasteiger partial charge is 0.497 e. The van der Waals surface area contributed by atoms with Crippen LogP contribution in [0.15, 0.2) is 24.3 Å². The molecule has 12 heteroatoms. The Hall–Kier alpha value is -3.38. The van der Waals surface area contributed by atoms with Crippen LogP contribution in [-0.4, -0.2) is 81.5 Å². The van der Waals surface area contributed by atoms with Crippen molar-refractivity contribution in [3.63, 3.8) is 0 Å². The first kappa shape index (κ1) is 28.9. The Kier molecular flexibility index (Phi) is 11.4. The summed E-state index contributed by atoms with van der Waals surface area (Å²) in [6.07, 6.45) is -5.61. The van der Waals surface area contributed by atoms with E-state index in [1.54, 1.807) is 31.4 Å². The third-order valence-corrected chi connectivity index (χ3v) is 4.85. The van der Waals surface area contributed by atoms with Gasteiger partial charge in [0.05, 0.1) is 20.3 Å². The number of carbonyl (C=O) groups excluding carboxylic acids is 4. The van der Waals surface area contributed by atoms with Crippen molar-refractivity contribution in [3.8, 4) is 11.5 Å². The topological polar surface area (TPSA) is 142 Å². The summed E-state index contributed by atoms with van der Waals surface area (Å²) in [5.41, 5.74) is 0. The van der Waals surface area contributed by atoms with E-state index in [0.717, 1.165) is 20.8 Å². The first-order valence-corrected chi connectivity index (χ1v) is 11.3. The molecule has 0 unspecified atom stereocenters. The average Bonchev–Trinajstić information content (AvgIpc) is 2.80. The third kappa shape index (κ3) is 9.34. The molecule has 0 saturated carbocycles. The van der Waals surface area contributed by atoms with Gasteiger partial charge in [0.2, 0.25) is 0 Å². The van der Waals surface area contributed by atoms with Gasteiger partial charge in [0, 0.05) is 34.1 Å². The lowest BCUT2D eigenvalue weighted by Gasteiger charge is -2.44. The molecule has 5 atom stereocenters. The van der Waals surface area contributed by atoms with Crippen LogP contribution < -0.4 is 9.47 Å². The van der Waals surface area contributed by atoms with Gasteiger partial charge >= 0.3 is 23.9 Å². The normalized spacial score (nSPS) is 23.2. The van der Waals surface area contributed by atoms with Gasteiger partial charge in [-0.15, -0.1) is 0 Å². The highest BCUT2D eigenvalue weighted by Gasteiger charge is 2.52. The number of methoxy groups -OCH3 is 1. The monoisotopic (exact) mass is 512 g/mol. The van der Waals surface area contributed by atoms with E-state index in [-0.39, 0.29) is 13.2 Å². The van der Waals surface area contributed by atoms with Crippen molar-refractivity contribution >= 4 is 23.9 Å². The average molecular weight is 513 g/mol. The van der Waals surface area contributed by atoms with Crippen LogP contribution in [-0.2, 0) is 47.6 Å². The SMILES string of the molecule is COc1ccc(OCCCO[C@@H]2O[C@H](COC(C)=O)[C@@H](OC(C)=O)[C@H](OC(C)=O)[C@H]2OC(C)=O)cc1. The molecule has 2 rings (SSSR count). The molecule has 200 valence electrons. The molecule has 1 aliphatic rings. The van der Waals surface area contributed by atoms with Crippen molar-refractivity contribution < 1.29 is 57.1 Å². The lowest BCUT2D eigenvalue weighted by atomic mass is 9.98. The van der Waals surface area contributed by atoms with Gasteiger partial charge in [-0.1, -0.05) is 0 Å². The van der Waals surface area contributed by atoms with Crippen molar-refractivity contribution in [2.75, 3.05) is 26.9 Å². The zero-order valence-corrected chi connectivity index (χ0v) is 20.9. The minimum atomic E-state index is -1.27. The van der Waals surface area contributed by atoms with Crippen LogP contribution in [0.3, 0.4) is 0 Å². The zero-order chi connectivity index (χ0) is 26.7. The molecule has 0 spiro atoms. The smallest absolute Gasteiger partial charge is 0.303 e. The predicted octanol–water partition coefficient (Wildman–Crippen LogP) is 1.56. The van der Waals surface area contributed by atoms with E-state index in [9.17, 15) is 19.2 Å².